The summed E-state index contributed by atoms with van der Waals surface area (Å²) < 4.78 is 0. The van der Waals surface area contributed by atoms with Gasteiger partial charge < -0.3 is 5.32 Å². The van der Waals surface area contributed by atoms with Crippen molar-refractivity contribution in [1.82, 2.24) is 0 Å². The third-order valence-electron chi connectivity index (χ3n) is 0.665. The van der Waals surface area contributed by atoms with Gasteiger partial charge in [-0.25, -0.2) is 0 Å². The summed E-state index contributed by atoms with van der Waals surface area (Å²) in [5, 5.41) is 3.80. The number of rotatable bonds is 2. The molecule has 0 unspecified atom stereocenters. The molecule has 0 amide bonds. The third kappa shape index (κ3) is 3.40. The lowest BCUT2D eigenvalue weighted by Crippen LogP contribution is -1.74. The molecule has 0 bridgehead atoms. The van der Waals surface area contributed by atoms with Crippen LogP contribution in [0.3, 0.4) is 0 Å². The van der Waals surface area contributed by atoms with E-state index >= 15 is 0 Å². The summed E-state index contributed by atoms with van der Waals surface area (Å²) >= 11 is 0. The van der Waals surface area contributed by atoms with Gasteiger partial charge in [0.05, 0.1) is 0 Å². The second-order valence-electron chi connectivity index (χ2n) is 1.52. The van der Waals surface area contributed by atoms with Gasteiger partial charge >= 0.3 is 0 Å². The molecule has 0 saturated heterocycles. The fraction of sp³-hybridized carbons (Fsp3) is 0.500. The number of nitrogens with zero attached hydrogens (tertiary/aromatic N) is 2. The first-order valence-electron chi connectivity index (χ1n) is 2.49. The predicted molar refractivity (Wildman–Crippen MR) is 37.5 cm³/mol. The molecule has 0 aliphatic heterocycles. The van der Waals surface area contributed by atoms with Crippen molar-refractivity contribution in [3.63, 3.8) is 0 Å². The Morgan fingerprint density at radius 3 is 2.62 bits per heavy atom. The first-order valence-corrected chi connectivity index (χ1v) is 2.49. The van der Waals surface area contributed by atoms with Gasteiger partial charge in [-0.2, -0.15) is 6.20 Å². The van der Waals surface area contributed by atoms with Gasteiger partial charge in [-0.15, -0.1) is 7.05 Å². The van der Waals surface area contributed by atoms with Gasteiger partial charge in [-0.3, -0.25) is 4.99 Å². The van der Waals surface area contributed by atoms with Crippen molar-refractivity contribution in [2.75, 3.05) is 14.1 Å². The van der Waals surface area contributed by atoms with E-state index in [1.807, 2.05) is 6.92 Å². The van der Waals surface area contributed by atoms with Crippen molar-refractivity contribution in [3.05, 3.63) is 17.1 Å². The molecule has 0 aromatic rings. The van der Waals surface area contributed by atoms with Gasteiger partial charge in [-0.1, -0.05) is 5.57 Å². The Labute approximate surface area is 50.3 Å². The first-order chi connectivity index (χ1) is 3.81. The molecule has 0 heterocycles. The van der Waals surface area contributed by atoms with Crippen molar-refractivity contribution >= 4 is 6.21 Å². The van der Waals surface area contributed by atoms with Gasteiger partial charge in [0.15, 0.2) is 0 Å². The fourth-order valence-electron chi connectivity index (χ4n) is 0.441. The van der Waals surface area contributed by atoms with E-state index in [-0.39, 0.29) is 0 Å². The number of hydrogen-bond acceptors (Lipinski definition) is 1. The van der Waals surface area contributed by atoms with E-state index in [1.165, 1.54) is 0 Å². The highest BCUT2D eigenvalue weighted by molar-refractivity contribution is 5.77. The molecule has 0 radical (unpaired) electrons. The van der Waals surface area contributed by atoms with Crippen LogP contribution in [0.15, 0.2) is 16.8 Å². The minimum absolute atomic E-state index is 1.08. The zero-order chi connectivity index (χ0) is 6.41. The Bertz CT molecular complexity index is 103. The third-order valence-corrected chi connectivity index (χ3v) is 0.665. The summed E-state index contributed by atoms with van der Waals surface area (Å²) in [4.78, 5) is 3.80. The lowest BCUT2D eigenvalue weighted by atomic mass is 10.4. The van der Waals surface area contributed by atoms with Crippen LogP contribution >= 0.6 is 0 Å². The summed E-state index contributed by atoms with van der Waals surface area (Å²) in [6, 6.07) is 0. The van der Waals surface area contributed by atoms with Crippen LogP contribution in [0.4, 0.5) is 0 Å². The topological polar surface area (TPSA) is 26.5 Å². The largest absolute Gasteiger partial charge is 0.693 e. The molecule has 0 spiro atoms. The molecular weight excluding hydrogens is 100 g/mol. The van der Waals surface area contributed by atoms with Crippen LogP contribution in [-0.2, 0) is 0 Å². The Morgan fingerprint density at radius 1 is 1.62 bits per heavy atom. The van der Waals surface area contributed by atoms with Crippen LogP contribution in [-0.4, -0.2) is 20.3 Å². The van der Waals surface area contributed by atoms with E-state index in [4.69, 9.17) is 0 Å². The molecule has 2 heteroatoms. The van der Waals surface area contributed by atoms with E-state index in [0.29, 0.717) is 0 Å². The van der Waals surface area contributed by atoms with Crippen LogP contribution in [0.1, 0.15) is 6.92 Å². The van der Waals surface area contributed by atoms with E-state index in [9.17, 15) is 0 Å². The Kier molecular flexibility index (Phi) is 3.94. The minimum atomic E-state index is 1.08. The van der Waals surface area contributed by atoms with Gasteiger partial charge in [0.25, 0.3) is 0 Å². The van der Waals surface area contributed by atoms with Crippen molar-refractivity contribution in [3.8, 4) is 0 Å². The molecule has 46 valence electrons. The lowest BCUT2D eigenvalue weighted by molar-refractivity contribution is 1.44. The first kappa shape index (κ1) is 7.21. The molecule has 0 aromatic carbocycles. The van der Waals surface area contributed by atoms with Gasteiger partial charge in [0, 0.05) is 13.3 Å². The number of hydrogen-bond donors (Lipinski definition) is 0. The molecule has 0 aromatic heterocycles. The Balaban J connectivity index is 3.61. The molecular formula is C6H11N2-. The summed E-state index contributed by atoms with van der Waals surface area (Å²) in [5.41, 5.74) is 1.08. The maximum atomic E-state index is 3.80. The van der Waals surface area contributed by atoms with Gasteiger partial charge in [-0.05, 0) is 6.92 Å². The van der Waals surface area contributed by atoms with Crippen LogP contribution in [0.5, 0.6) is 0 Å². The zero-order valence-corrected chi connectivity index (χ0v) is 5.55. The molecule has 0 N–H and O–H groups in total. The highest BCUT2D eigenvalue weighted by Crippen LogP contribution is 1.89. The monoisotopic (exact) mass is 111 g/mol. The molecule has 0 fully saturated rings. The normalized spacial score (nSPS) is 12.6. The predicted octanol–water partition coefficient (Wildman–Crippen LogP) is 1.59. The summed E-state index contributed by atoms with van der Waals surface area (Å²) in [5.74, 6) is 0. The second-order valence-corrected chi connectivity index (χ2v) is 1.52. The average molecular weight is 111 g/mol. The zero-order valence-electron chi connectivity index (χ0n) is 5.55. The van der Waals surface area contributed by atoms with E-state index in [0.717, 1.165) is 5.57 Å². The molecule has 0 atom stereocenters. The molecule has 0 saturated carbocycles. The molecule has 0 rings (SSSR count). The number of allylic oxidation sites excluding steroid dienone is 1. The van der Waals surface area contributed by atoms with Crippen molar-refractivity contribution in [1.29, 1.82) is 0 Å². The van der Waals surface area contributed by atoms with Crippen LogP contribution in [0, 0.1) is 0 Å². The number of aliphatic imine (C=N–C) groups is 1. The fourth-order valence-corrected chi connectivity index (χ4v) is 0.441. The Hall–Kier alpha value is -0.790. The van der Waals surface area contributed by atoms with E-state index in [1.54, 1.807) is 26.5 Å². The van der Waals surface area contributed by atoms with Gasteiger partial charge in [0.1, 0.15) is 0 Å². The van der Waals surface area contributed by atoms with Crippen molar-refractivity contribution in [2.24, 2.45) is 4.99 Å². The molecule has 0 aliphatic rings. The van der Waals surface area contributed by atoms with Crippen LogP contribution < -0.4 is 0 Å². The summed E-state index contributed by atoms with van der Waals surface area (Å²) in [7, 11) is 3.49. The van der Waals surface area contributed by atoms with Crippen molar-refractivity contribution < 1.29 is 0 Å². The highest BCUT2D eigenvalue weighted by atomic mass is 14.8. The minimum Gasteiger partial charge on any atom is -0.693 e. The van der Waals surface area contributed by atoms with E-state index < -0.39 is 0 Å². The average Bonchev–Trinajstić information content (AvgIpc) is 1.68. The molecule has 0 aliphatic carbocycles. The molecule has 2 nitrogen and oxygen atoms in total. The maximum Gasteiger partial charge on any atom is 0.0277 e. The summed E-state index contributed by atoms with van der Waals surface area (Å²) in [6.45, 7) is 1.96. The maximum absolute atomic E-state index is 3.80. The van der Waals surface area contributed by atoms with Crippen LogP contribution in [0.2, 0.25) is 0 Å². The van der Waals surface area contributed by atoms with E-state index in [2.05, 4.69) is 10.3 Å². The highest BCUT2D eigenvalue weighted by Gasteiger charge is 1.68. The smallest absolute Gasteiger partial charge is 0.0277 e. The lowest BCUT2D eigenvalue weighted by Gasteiger charge is -2.02. The Morgan fingerprint density at radius 2 is 2.25 bits per heavy atom. The standard InChI is InChI=1S/C6H11N2/c1-6(4-7-2)5-8-3/h4-5H,1-3H3/q-1. The second kappa shape index (κ2) is 4.37. The van der Waals surface area contributed by atoms with Gasteiger partial charge in [0.2, 0.25) is 0 Å². The molecule has 8 heavy (non-hydrogen) atoms. The quantitative estimate of drug-likeness (QED) is 0.484. The summed E-state index contributed by atoms with van der Waals surface area (Å²) in [6.07, 6.45) is 3.54. The SMILES string of the molecule is CN=CC(C)=C[N-]C. The van der Waals surface area contributed by atoms with Crippen molar-refractivity contribution in [2.45, 2.75) is 6.92 Å². The van der Waals surface area contributed by atoms with Crippen LogP contribution in [0.25, 0.3) is 5.32 Å².